The van der Waals surface area contributed by atoms with Gasteiger partial charge in [-0.25, -0.2) is 9.59 Å². The van der Waals surface area contributed by atoms with Crippen molar-refractivity contribution in [2.45, 2.75) is 84.3 Å². The molecule has 0 heterocycles. The lowest BCUT2D eigenvalue weighted by atomic mass is 9.45. The molecule has 0 amide bonds. The van der Waals surface area contributed by atoms with Crippen molar-refractivity contribution in [1.29, 1.82) is 0 Å². The lowest BCUT2D eigenvalue weighted by Gasteiger charge is -2.60. The number of rotatable bonds is 5. The molecule has 0 aliphatic heterocycles. The van der Waals surface area contributed by atoms with Gasteiger partial charge in [0.2, 0.25) is 5.60 Å². The highest BCUT2D eigenvalue weighted by Gasteiger charge is 2.71. The Balaban J connectivity index is 1.68. The molecule has 0 saturated heterocycles. The standard InChI is InChI=1S/C26H37ClO7/c1-15(2)13-32-23(31)34-26(22(30)33-14-27)10-8-19-18-6-5-16-11-17(28)7-9-24(16,3)21(18)20(29)12-25(19,26)4/h11,15,18-21,29H,5-10,12-14H2,1-4H3/t18-,19-,20-,21+,24-,25-,26-/m0/s1. The van der Waals surface area contributed by atoms with E-state index in [0.29, 0.717) is 25.7 Å². The molecule has 7 atom stereocenters. The smallest absolute Gasteiger partial charge is 0.446 e. The molecule has 7 nitrogen and oxygen atoms in total. The fourth-order valence-electron chi connectivity index (χ4n) is 7.79. The molecule has 0 radical (unpaired) electrons. The molecule has 4 aliphatic carbocycles. The van der Waals surface area contributed by atoms with Crippen LogP contribution in [0.2, 0.25) is 0 Å². The highest BCUT2D eigenvalue weighted by Crippen LogP contribution is 2.68. The van der Waals surface area contributed by atoms with Gasteiger partial charge in [-0.1, -0.05) is 44.9 Å². The Hall–Kier alpha value is -1.60. The second-order valence-corrected chi connectivity index (χ2v) is 11.8. The van der Waals surface area contributed by atoms with E-state index in [9.17, 15) is 19.5 Å². The number of esters is 1. The van der Waals surface area contributed by atoms with E-state index in [1.165, 1.54) is 0 Å². The van der Waals surface area contributed by atoms with Gasteiger partial charge in [-0.2, -0.15) is 0 Å². The van der Waals surface area contributed by atoms with Crippen molar-refractivity contribution in [3.8, 4) is 0 Å². The SMILES string of the molecule is CC(C)COC(=O)O[C@]1(C(=O)OCCl)CC[C@H]2[C@@H]3CCC4=CC(=O)CC[C@]4(C)[C@H]3[C@@H](O)C[C@@]21C. The summed E-state index contributed by atoms with van der Waals surface area (Å²) in [5.41, 5.74) is -1.48. The topological polar surface area (TPSA) is 99.1 Å². The maximum Gasteiger partial charge on any atom is 0.509 e. The third-order valence-electron chi connectivity index (χ3n) is 9.32. The first kappa shape index (κ1) is 25.5. The van der Waals surface area contributed by atoms with Gasteiger partial charge in [0.05, 0.1) is 12.7 Å². The summed E-state index contributed by atoms with van der Waals surface area (Å²) in [5.74, 6) is -0.201. The minimum atomic E-state index is -1.56. The van der Waals surface area contributed by atoms with Crippen molar-refractivity contribution in [2.24, 2.45) is 34.5 Å². The zero-order valence-corrected chi connectivity index (χ0v) is 21.4. The summed E-state index contributed by atoms with van der Waals surface area (Å²) in [4.78, 5) is 38.1. The minimum Gasteiger partial charge on any atom is -0.446 e. The fourth-order valence-corrected chi connectivity index (χ4v) is 7.89. The number of hydrogen-bond donors (Lipinski definition) is 1. The molecule has 0 aromatic carbocycles. The first-order valence-electron chi connectivity index (χ1n) is 12.5. The lowest BCUT2D eigenvalue weighted by molar-refractivity contribution is -0.202. The van der Waals surface area contributed by atoms with Crippen LogP contribution in [0.5, 0.6) is 0 Å². The average molecular weight is 497 g/mol. The maximum absolute atomic E-state index is 13.3. The molecule has 4 rings (SSSR count). The number of alkyl halides is 1. The molecule has 0 aromatic heterocycles. The number of aliphatic hydroxyl groups is 1. The summed E-state index contributed by atoms with van der Waals surface area (Å²) in [6.07, 6.45) is 4.33. The second-order valence-electron chi connectivity index (χ2n) is 11.5. The zero-order chi connectivity index (χ0) is 24.9. The molecule has 0 bridgehead atoms. The van der Waals surface area contributed by atoms with Crippen LogP contribution in [0.1, 0.15) is 72.6 Å². The van der Waals surface area contributed by atoms with Gasteiger partial charge in [-0.15, -0.1) is 0 Å². The molecule has 0 unspecified atom stereocenters. The number of ketones is 1. The van der Waals surface area contributed by atoms with E-state index in [-0.39, 0.29) is 47.5 Å². The zero-order valence-electron chi connectivity index (χ0n) is 20.6. The molecule has 4 aliphatic rings. The number of allylic oxidation sites excluding steroid dienone is 1. The summed E-state index contributed by atoms with van der Waals surface area (Å²) in [6, 6.07) is -0.347. The normalized spacial score (nSPS) is 41.1. The Labute approximate surface area is 206 Å². The summed E-state index contributed by atoms with van der Waals surface area (Å²) >= 11 is 5.74. The number of carbonyl (C=O) groups is 3. The van der Waals surface area contributed by atoms with Crippen LogP contribution in [0.15, 0.2) is 11.6 Å². The van der Waals surface area contributed by atoms with Crippen LogP contribution in [-0.4, -0.2) is 47.4 Å². The second kappa shape index (κ2) is 9.12. The highest BCUT2D eigenvalue weighted by molar-refractivity contribution is 6.17. The Morgan fingerprint density at radius 2 is 1.91 bits per heavy atom. The maximum atomic E-state index is 13.3. The fraction of sp³-hybridized carbons (Fsp3) is 0.808. The Bertz CT molecular complexity index is 884. The van der Waals surface area contributed by atoms with Crippen molar-refractivity contribution in [3.63, 3.8) is 0 Å². The van der Waals surface area contributed by atoms with Crippen LogP contribution in [-0.2, 0) is 23.8 Å². The summed E-state index contributed by atoms with van der Waals surface area (Å²) in [7, 11) is 0. The number of hydrogen-bond acceptors (Lipinski definition) is 7. The number of aliphatic hydroxyl groups excluding tert-OH is 1. The molecule has 0 aromatic rings. The highest BCUT2D eigenvalue weighted by atomic mass is 35.5. The molecule has 8 heteroatoms. The summed E-state index contributed by atoms with van der Waals surface area (Å²) in [6.45, 7) is 8.13. The molecule has 3 saturated carbocycles. The van der Waals surface area contributed by atoms with Gasteiger partial charge in [0.15, 0.2) is 11.8 Å². The van der Waals surface area contributed by atoms with Gasteiger partial charge in [0.1, 0.15) is 0 Å². The van der Waals surface area contributed by atoms with Crippen LogP contribution in [0.4, 0.5) is 4.79 Å². The van der Waals surface area contributed by atoms with Gasteiger partial charge in [0, 0.05) is 11.8 Å². The predicted octanol–water partition coefficient (Wildman–Crippen LogP) is 4.78. The van der Waals surface area contributed by atoms with Gasteiger partial charge in [-0.3, -0.25) is 4.79 Å². The van der Waals surface area contributed by atoms with E-state index >= 15 is 0 Å². The van der Waals surface area contributed by atoms with Crippen LogP contribution in [0.3, 0.4) is 0 Å². The Kier molecular flexibility index (Phi) is 6.84. The van der Waals surface area contributed by atoms with E-state index in [1.54, 1.807) is 6.08 Å². The van der Waals surface area contributed by atoms with Crippen LogP contribution in [0.25, 0.3) is 0 Å². The first-order valence-corrected chi connectivity index (χ1v) is 13.0. The lowest BCUT2D eigenvalue weighted by Crippen LogP contribution is -2.63. The molecule has 0 spiro atoms. The minimum absolute atomic E-state index is 0.00795. The molecule has 190 valence electrons. The molecule has 1 N–H and O–H groups in total. The average Bonchev–Trinajstić information content (AvgIpc) is 3.05. The Morgan fingerprint density at radius 3 is 2.59 bits per heavy atom. The van der Waals surface area contributed by atoms with E-state index in [2.05, 4.69) is 6.92 Å². The van der Waals surface area contributed by atoms with Gasteiger partial charge < -0.3 is 19.3 Å². The summed E-state index contributed by atoms with van der Waals surface area (Å²) < 4.78 is 16.3. The molecule has 3 fully saturated rings. The Morgan fingerprint density at radius 1 is 1.18 bits per heavy atom. The third-order valence-corrected chi connectivity index (χ3v) is 9.43. The van der Waals surface area contributed by atoms with Gasteiger partial charge in [-0.05, 0) is 73.7 Å². The number of halogens is 1. The van der Waals surface area contributed by atoms with Gasteiger partial charge in [0.25, 0.3) is 0 Å². The van der Waals surface area contributed by atoms with Crippen molar-refractivity contribution in [3.05, 3.63) is 11.6 Å². The monoisotopic (exact) mass is 496 g/mol. The molecule has 34 heavy (non-hydrogen) atoms. The van der Waals surface area contributed by atoms with Crippen LogP contribution in [0, 0.1) is 34.5 Å². The van der Waals surface area contributed by atoms with E-state index in [4.69, 9.17) is 25.8 Å². The van der Waals surface area contributed by atoms with Crippen molar-refractivity contribution in [1.82, 2.24) is 0 Å². The van der Waals surface area contributed by atoms with Crippen molar-refractivity contribution in [2.75, 3.05) is 12.7 Å². The number of fused-ring (bicyclic) bond motifs is 5. The largest absolute Gasteiger partial charge is 0.509 e. The number of carbonyl (C=O) groups excluding carboxylic acids is 3. The van der Waals surface area contributed by atoms with Crippen molar-refractivity contribution < 1.29 is 33.7 Å². The van der Waals surface area contributed by atoms with Gasteiger partial charge >= 0.3 is 12.1 Å². The number of ether oxygens (including phenoxy) is 3. The summed E-state index contributed by atoms with van der Waals surface area (Å²) in [5, 5.41) is 11.6. The molecular formula is C26H37ClO7. The van der Waals surface area contributed by atoms with Crippen LogP contribution >= 0.6 is 11.6 Å². The van der Waals surface area contributed by atoms with E-state index in [0.717, 1.165) is 24.8 Å². The van der Waals surface area contributed by atoms with E-state index < -0.39 is 29.2 Å². The van der Waals surface area contributed by atoms with Crippen molar-refractivity contribution >= 4 is 29.5 Å². The van der Waals surface area contributed by atoms with Crippen LogP contribution < -0.4 is 0 Å². The third kappa shape index (κ3) is 3.87. The molecular weight excluding hydrogens is 460 g/mol. The van der Waals surface area contributed by atoms with E-state index in [1.807, 2.05) is 20.8 Å². The quantitative estimate of drug-likeness (QED) is 0.432. The predicted molar refractivity (Wildman–Crippen MR) is 125 cm³/mol. The first-order chi connectivity index (χ1) is 16.0.